The number of pyridine rings is 1. The molecule has 4 aromatic rings. The van der Waals surface area contributed by atoms with Gasteiger partial charge >= 0.3 is 6.03 Å². The average Bonchev–Trinajstić information content (AvgIpc) is 3.46. The number of nitrogens with one attached hydrogen (secondary N) is 2. The van der Waals surface area contributed by atoms with Crippen LogP contribution >= 0.6 is 0 Å². The predicted molar refractivity (Wildman–Crippen MR) is 166 cm³/mol. The van der Waals surface area contributed by atoms with E-state index in [1.165, 1.54) is 24.0 Å². The highest BCUT2D eigenvalue weighted by atomic mass is 16.2. The number of aryl methyl sites for hydroxylation is 2. The van der Waals surface area contributed by atoms with E-state index in [1.54, 1.807) is 0 Å². The number of carbonyl (C=O) groups excluding carboxylic acids is 1. The molecule has 0 spiro atoms. The maximum absolute atomic E-state index is 13.2. The van der Waals surface area contributed by atoms with Crippen molar-refractivity contribution in [1.82, 2.24) is 9.88 Å². The third kappa shape index (κ3) is 7.08. The Morgan fingerprint density at radius 3 is 2.40 bits per heavy atom. The van der Waals surface area contributed by atoms with Crippen LogP contribution in [0.5, 0.6) is 0 Å². The summed E-state index contributed by atoms with van der Waals surface area (Å²) in [5.74, 6) is 6.67. The standard InChI is InChI=1S/C35H38N4O/c1-35(2,3)29-23-27(9-8-22-39-20-6-7-21-39)24-30(25-29)37-34(40)38-33-15-14-28(31-10-4-5-11-32(31)33)13-12-26-16-18-36-19-17-26/h4-5,10-11,14-19,23-25H,6-7,12-13,20-22H2,1-3H3,(H2,37,38,40). The molecule has 5 rings (SSSR count). The summed E-state index contributed by atoms with van der Waals surface area (Å²) in [5.41, 5.74) is 6.05. The van der Waals surface area contributed by atoms with Gasteiger partial charge in [0.2, 0.25) is 0 Å². The zero-order valence-corrected chi connectivity index (χ0v) is 23.8. The van der Waals surface area contributed by atoms with Gasteiger partial charge in [0.1, 0.15) is 0 Å². The van der Waals surface area contributed by atoms with Crippen molar-refractivity contribution in [3.05, 3.63) is 101 Å². The van der Waals surface area contributed by atoms with Gasteiger partial charge in [0.05, 0.1) is 12.2 Å². The van der Waals surface area contributed by atoms with Crippen LogP contribution < -0.4 is 10.6 Å². The monoisotopic (exact) mass is 530 g/mol. The van der Waals surface area contributed by atoms with Crippen LogP contribution in [-0.2, 0) is 18.3 Å². The minimum Gasteiger partial charge on any atom is -0.308 e. The quantitative estimate of drug-likeness (QED) is 0.255. The summed E-state index contributed by atoms with van der Waals surface area (Å²) in [6, 6.07) is 22.4. The minimum absolute atomic E-state index is 0.0676. The summed E-state index contributed by atoms with van der Waals surface area (Å²) in [5, 5.41) is 8.34. The lowest BCUT2D eigenvalue weighted by Gasteiger charge is -2.21. The third-order valence-electron chi connectivity index (χ3n) is 7.49. The van der Waals surface area contributed by atoms with E-state index in [9.17, 15) is 4.79 Å². The SMILES string of the molecule is CC(C)(C)c1cc(C#CCN2CCCC2)cc(NC(=O)Nc2ccc(CCc3ccncc3)c3ccccc23)c1. The zero-order valence-electron chi connectivity index (χ0n) is 23.8. The van der Waals surface area contributed by atoms with Gasteiger partial charge in [-0.3, -0.25) is 9.88 Å². The van der Waals surface area contributed by atoms with Gasteiger partial charge in [-0.15, -0.1) is 0 Å². The molecule has 204 valence electrons. The predicted octanol–water partition coefficient (Wildman–Crippen LogP) is 7.41. The number of likely N-dealkylation sites (tertiary alicyclic amines) is 1. The third-order valence-corrected chi connectivity index (χ3v) is 7.49. The van der Waals surface area contributed by atoms with Crippen molar-refractivity contribution < 1.29 is 4.79 Å². The van der Waals surface area contributed by atoms with Gasteiger partial charge in [-0.2, -0.15) is 0 Å². The van der Waals surface area contributed by atoms with E-state index >= 15 is 0 Å². The van der Waals surface area contributed by atoms with Crippen molar-refractivity contribution in [1.29, 1.82) is 0 Å². The first-order chi connectivity index (χ1) is 19.3. The van der Waals surface area contributed by atoms with E-state index in [-0.39, 0.29) is 11.4 Å². The lowest BCUT2D eigenvalue weighted by Crippen LogP contribution is -2.20. The van der Waals surface area contributed by atoms with Crippen LogP contribution in [0.15, 0.2) is 79.1 Å². The number of hydrogen-bond acceptors (Lipinski definition) is 3. The molecule has 0 atom stereocenters. The van der Waals surface area contributed by atoms with Crippen LogP contribution in [0.4, 0.5) is 16.2 Å². The smallest absolute Gasteiger partial charge is 0.308 e. The number of nitrogens with zero attached hydrogens (tertiary/aromatic N) is 2. The molecule has 2 amide bonds. The molecule has 1 aromatic heterocycles. The Hall–Kier alpha value is -4.14. The molecule has 0 radical (unpaired) electrons. The van der Waals surface area contributed by atoms with Gasteiger partial charge in [0.25, 0.3) is 0 Å². The molecule has 40 heavy (non-hydrogen) atoms. The summed E-state index contributed by atoms with van der Waals surface area (Å²) in [4.78, 5) is 19.7. The van der Waals surface area contributed by atoms with Gasteiger partial charge in [-0.05, 0) is 103 Å². The Kier molecular flexibility index (Phi) is 8.48. The second-order valence-corrected chi connectivity index (χ2v) is 11.6. The highest BCUT2D eigenvalue weighted by molar-refractivity contribution is 6.07. The molecule has 0 unspecified atom stereocenters. The fourth-order valence-corrected chi connectivity index (χ4v) is 5.20. The van der Waals surface area contributed by atoms with Gasteiger partial charge in [-0.25, -0.2) is 4.79 Å². The molecule has 0 saturated carbocycles. The first-order valence-electron chi connectivity index (χ1n) is 14.2. The van der Waals surface area contributed by atoms with Crippen LogP contribution in [0.25, 0.3) is 10.8 Å². The van der Waals surface area contributed by atoms with E-state index in [4.69, 9.17) is 0 Å². The first kappa shape index (κ1) is 27.4. The molecule has 0 bridgehead atoms. The fraction of sp³-hybridized carbons (Fsp3) is 0.314. The molecule has 1 saturated heterocycles. The second-order valence-electron chi connectivity index (χ2n) is 11.6. The molecular weight excluding hydrogens is 492 g/mol. The molecular formula is C35H38N4O. The van der Waals surface area contributed by atoms with E-state index in [2.05, 4.69) is 89.5 Å². The maximum Gasteiger partial charge on any atom is 0.323 e. The highest BCUT2D eigenvalue weighted by Gasteiger charge is 2.17. The van der Waals surface area contributed by atoms with Crippen LogP contribution in [0.2, 0.25) is 0 Å². The number of urea groups is 1. The molecule has 3 aromatic carbocycles. The van der Waals surface area contributed by atoms with Crippen molar-refractivity contribution in [3.8, 4) is 11.8 Å². The molecule has 2 heterocycles. The van der Waals surface area contributed by atoms with Gasteiger partial charge in [0, 0.05) is 29.0 Å². The number of fused-ring (bicyclic) bond motifs is 1. The minimum atomic E-state index is -0.267. The maximum atomic E-state index is 13.2. The van der Waals surface area contributed by atoms with E-state index in [0.29, 0.717) is 0 Å². The van der Waals surface area contributed by atoms with Crippen LogP contribution in [0.3, 0.4) is 0 Å². The summed E-state index contributed by atoms with van der Waals surface area (Å²) in [7, 11) is 0. The van der Waals surface area contributed by atoms with Gasteiger partial charge < -0.3 is 10.6 Å². The zero-order chi connectivity index (χ0) is 28.0. The molecule has 2 N–H and O–H groups in total. The van der Waals surface area contributed by atoms with Crippen molar-refractivity contribution in [2.75, 3.05) is 30.3 Å². The van der Waals surface area contributed by atoms with Crippen LogP contribution in [0.1, 0.15) is 55.9 Å². The Morgan fingerprint density at radius 2 is 1.65 bits per heavy atom. The Balaban J connectivity index is 1.33. The molecule has 1 aliphatic rings. The van der Waals surface area contributed by atoms with E-state index < -0.39 is 0 Å². The largest absolute Gasteiger partial charge is 0.323 e. The number of amides is 2. The molecule has 1 fully saturated rings. The number of carbonyl (C=O) groups is 1. The number of rotatable bonds is 6. The normalized spacial score (nSPS) is 13.6. The van der Waals surface area contributed by atoms with Crippen molar-refractivity contribution >= 4 is 28.2 Å². The number of hydrogen-bond donors (Lipinski definition) is 2. The first-order valence-corrected chi connectivity index (χ1v) is 14.2. The molecule has 0 aliphatic carbocycles. The second kappa shape index (κ2) is 12.4. The van der Waals surface area contributed by atoms with Crippen molar-refractivity contribution in [2.45, 2.75) is 51.9 Å². The van der Waals surface area contributed by atoms with E-state index in [0.717, 1.165) is 65.8 Å². The van der Waals surface area contributed by atoms with Gasteiger partial charge in [-0.1, -0.05) is 62.9 Å². The fourth-order valence-electron chi connectivity index (χ4n) is 5.20. The lowest BCUT2D eigenvalue weighted by molar-refractivity contribution is 0.262. The topological polar surface area (TPSA) is 57.3 Å². The van der Waals surface area contributed by atoms with Crippen LogP contribution in [-0.4, -0.2) is 35.5 Å². The Morgan fingerprint density at radius 1 is 0.900 bits per heavy atom. The Bertz CT molecular complexity index is 1540. The summed E-state index contributed by atoms with van der Waals surface area (Å²) >= 11 is 0. The lowest BCUT2D eigenvalue weighted by atomic mass is 9.86. The summed E-state index contributed by atoms with van der Waals surface area (Å²) in [6.07, 6.45) is 8.04. The molecule has 1 aliphatic heterocycles. The van der Waals surface area contributed by atoms with Crippen molar-refractivity contribution in [3.63, 3.8) is 0 Å². The highest BCUT2D eigenvalue weighted by Crippen LogP contribution is 2.29. The van der Waals surface area contributed by atoms with Crippen molar-refractivity contribution in [2.24, 2.45) is 0 Å². The molecule has 5 heteroatoms. The Labute approximate surface area is 238 Å². The summed E-state index contributed by atoms with van der Waals surface area (Å²) in [6.45, 7) is 9.57. The average molecular weight is 531 g/mol. The summed E-state index contributed by atoms with van der Waals surface area (Å²) < 4.78 is 0. The van der Waals surface area contributed by atoms with Crippen LogP contribution in [0, 0.1) is 11.8 Å². The molecule has 5 nitrogen and oxygen atoms in total. The number of benzene rings is 3. The van der Waals surface area contributed by atoms with Gasteiger partial charge in [0.15, 0.2) is 0 Å². The number of anilines is 2. The number of aromatic nitrogens is 1. The van der Waals surface area contributed by atoms with E-state index in [1.807, 2.05) is 42.7 Å².